The molecule has 0 atom stereocenters. The number of nitrogens with zero attached hydrogens (tertiary/aromatic N) is 1. The highest BCUT2D eigenvalue weighted by atomic mass is 16.6. The molecule has 0 aliphatic carbocycles. The number of rotatable bonds is 8. The Morgan fingerprint density at radius 2 is 1.63 bits per heavy atom. The topological polar surface area (TPSA) is 115 Å². The van der Waals surface area contributed by atoms with Crippen LogP contribution in [0, 0.1) is 0 Å². The maximum atomic E-state index is 12.5. The second-order valence-electron chi connectivity index (χ2n) is 7.94. The van der Waals surface area contributed by atoms with E-state index in [0.29, 0.717) is 34.9 Å². The molecular weight excluding hydrogens is 486 g/mol. The number of benzene rings is 4. The SMILES string of the molecule is CCOc1cc(/C=N/NC(=O)C(=O)Nc2cccc3ccccc23)ccc1OC(=O)c1ccc(OC)cc1. The van der Waals surface area contributed by atoms with Gasteiger partial charge in [0.25, 0.3) is 0 Å². The minimum Gasteiger partial charge on any atom is -0.497 e. The molecule has 0 aromatic heterocycles. The standard InChI is InChI=1S/C29H25N3O6/c1-3-37-26-17-19(11-16-25(26)38-29(35)21-12-14-22(36-2)15-13-21)18-30-32-28(34)27(33)31-24-10-6-8-20-7-4-5-9-23(20)24/h4-18H,3H2,1-2H3,(H,31,33)(H,32,34)/b30-18+. The summed E-state index contributed by atoms with van der Waals surface area (Å²) in [5, 5.41) is 8.22. The summed E-state index contributed by atoms with van der Waals surface area (Å²) in [6.45, 7) is 2.13. The van der Waals surface area contributed by atoms with Crippen LogP contribution in [0.5, 0.6) is 17.2 Å². The average Bonchev–Trinajstić information content (AvgIpc) is 2.94. The van der Waals surface area contributed by atoms with Crippen LogP contribution in [-0.4, -0.2) is 37.7 Å². The third-order valence-electron chi connectivity index (χ3n) is 5.42. The first-order chi connectivity index (χ1) is 18.5. The maximum Gasteiger partial charge on any atom is 0.343 e. The van der Waals surface area contributed by atoms with E-state index in [1.165, 1.54) is 6.21 Å². The fraction of sp³-hybridized carbons (Fsp3) is 0.103. The van der Waals surface area contributed by atoms with Crippen LogP contribution < -0.4 is 25.0 Å². The molecule has 192 valence electrons. The number of hydrogen-bond acceptors (Lipinski definition) is 7. The lowest BCUT2D eigenvalue weighted by atomic mass is 10.1. The lowest BCUT2D eigenvalue weighted by Crippen LogP contribution is -2.32. The Morgan fingerprint density at radius 1 is 0.868 bits per heavy atom. The van der Waals surface area contributed by atoms with E-state index in [1.807, 2.05) is 30.3 Å². The van der Waals surface area contributed by atoms with E-state index in [4.69, 9.17) is 14.2 Å². The minimum absolute atomic E-state index is 0.225. The van der Waals surface area contributed by atoms with Crippen LogP contribution in [0.1, 0.15) is 22.8 Å². The van der Waals surface area contributed by atoms with Gasteiger partial charge in [0, 0.05) is 11.1 Å². The molecule has 9 nitrogen and oxygen atoms in total. The van der Waals surface area contributed by atoms with Gasteiger partial charge in [-0.15, -0.1) is 0 Å². The molecule has 2 amide bonds. The van der Waals surface area contributed by atoms with Crippen molar-refractivity contribution in [2.75, 3.05) is 19.0 Å². The first-order valence-electron chi connectivity index (χ1n) is 11.7. The number of hydrazone groups is 1. The Hall–Kier alpha value is -5.18. The van der Waals surface area contributed by atoms with Gasteiger partial charge in [-0.3, -0.25) is 9.59 Å². The van der Waals surface area contributed by atoms with Gasteiger partial charge in [-0.05, 0) is 66.4 Å². The monoisotopic (exact) mass is 511 g/mol. The fourth-order valence-corrected chi connectivity index (χ4v) is 3.57. The van der Waals surface area contributed by atoms with Crippen molar-refractivity contribution in [2.45, 2.75) is 6.92 Å². The maximum absolute atomic E-state index is 12.5. The van der Waals surface area contributed by atoms with Crippen molar-refractivity contribution >= 4 is 40.5 Å². The van der Waals surface area contributed by atoms with Crippen LogP contribution in [0.2, 0.25) is 0 Å². The van der Waals surface area contributed by atoms with Gasteiger partial charge in [0.1, 0.15) is 5.75 Å². The van der Waals surface area contributed by atoms with Crippen molar-refractivity contribution < 1.29 is 28.6 Å². The third kappa shape index (κ3) is 6.33. The number of carbonyl (C=O) groups is 3. The number of nitrogens with one attached hydrogen (secondary N) is 2. The minimum atomic E-state index is -0.927. The number of amides is 2. The number of methoxy groups -OCH3 is 1. The second kappa shape index (κ2) is 12.2. The van der Waals surface area contributed by atoms with Crippen molar-refractivity contribution in [1.29, 1.82) is 0 Å². The number of esters is 1. The van der Waals surface area contributed by atoms with Crippen LogP contribution in [0.15, 0.2) is 90.0 Å². The summed E-state index contributed by atoms with van der Waals surface area (Å²) in [5.41, 5.74) is 3.63. The largest absolute Gasteiger partial charge is 0.497 e. The van der Waals surface area contributed by atoms with Gasteiger partial charge in [-0.2, -0.15) is 5.10 Å². The molecule has 0 saturated heterocycles. The normalized spacial score (nSPS) is 10.7. The molecular formula is C29H25N3O6. The number of carbonyl (C=O) groups excluding carboxylic acids is 3. The summed E-state index contributed by atoms with van der Waals surface area (Å²) in [6, 6.07) is 24.3. The molecule has 0 spiro atoms. The van der Waals surface area contributed by atoms with Crippen molar-refractivity contribution in [1.82, 2.24) is 5.43 Å². The predicted molar refractivity (Wildman–Crippen MR) is 144 cm³/mol. The molecule has 0 saturated carbocycles. The Morgan fingerprint density at radius 3 is 2.39 bits per heavy atom. The zero-order valence-electron chi connectivity index (χ0n) is 20.8. The van der Waals surface area contributed by atoms with E-state index >= 15 is 0 Å². The molecule has 0 heterocycles. The predicted octanol–water partition coefficient (Wildman–Crippen LogP) is 4.56. The highest BCUT2D eigenvalue weighted by molar-refractivity contribution is 6.40. The summed E-state index contributed by atoms with van der Waals surface area (Å²) in [7, 11) is 1.54. The Bertz CT molecular complexity index is 1490. The van der Waals surface area contributed by atoms with Crippen molar-refractivity contribution in [3.63, 3.8) is 0 Å². The van der Waals surface area contributed by atoms with Gasteiger partial charge >= 0.3 is 17.8 Å². The summed E-state index contributed by atoms with van der Waals surface area (Å²) in [5.74, 6) is -1.17. The molecule has 0 bridgehead atoms. The summed E-state index contributed by atoms with van der Waals surface area (Å²) in [4.78, 5) is 37.2. The van der Waals surface area contributed by atoms with Crippen LogP contribution >= 0.6 is 0 Å². The van der Waals surface area contributed by atoms with Gasteiger partial charge in [0.2, 0.25) is 0 Å². The molecule has 0 aliphatic heterocycles. The fourth-order valence-electron chi connectivity index (χ4n) is 3.57. The lowest BCUT2D eigenvalue weighted by molar-refractivity contribution is -0.136. The van der Waals surface area contributed by atoms with Gasteiger partial charge in [-0.1, -0.05) is 36.4 Å². The van der Waals surface area contributed by atoms with E-state index in [9.17, 15) is 14.4 Å². The molecule has 2 N–H and O–H groups in total. The molecule has 9 heteroatoms. The molecule has 4 rings (SSSR count). The summed E-state index contributed by atoms with van der Waals surface area (Å²) >= 11 is 0. The molecule has 0 aliphatic rings. The van der Waals surface area contributed by atoms with E-state index in [1.54, 1.807) is 68.6 Å². The summed E-state index contributed by atoms with van der Waals surface area (Å²) in [6.07, 6.45) is 1.35. The van der Waals surface area contributed by atoms with Gasteiger partial charge in [0.15, 0.2) is 11.5 Å². The van der Waals surface area contributed by atoms with Gasteiger partial charge < -0.3 is 19.5 Å². The van der Waals surface area contributed by atoms with Crippen molar-refractivity contribution in [2.24, 2.45) is 5.10 Å². The first-order valence-corrected chi connectivity index (χ1v) is 11.7. The Labute approximate surface area is 219 Å². The van der Waals surface area contributed by atoms with Crippen molar-refractivity contribution in [3.8, 4) is 17.2 Å². The molecule has 4 aromatic carbocycles. The Kier molecular flexibility index (Phi) is 8.30. The zero-order valence-corrected chi connectivity index (χ0v) is 20.8. The van der Waals surface area contributed by atoms with E-state index in [0.717, 1.165) is 10.8 Å². The van der Waals surface area contributed by atoms with Crippen LogP contribution in [0.25, 0.3) is 10.8 Å². The first kappa shape index (κ1) is 25.9. The van der Waals surface area contributed by atoms with E-state index < -0.39 is 17.8 Å². The quantitative estimate of drug-likeness (QED) is 0.118. The number of ether oxygens (including phenoxy) is 3. The second-order valence-corrected chi connectivity index (χ2v) is 7.94. The zero-order chi connectivity index (χ0) is 26.9. The number of hydrogen-bond donors (Lipinski definition) is 2. The average molecular weight is 512 g/mol. The summed E-state index contributed by atoms with van der Waals surface area (Å²) < 4.78 is 16.2. The lowest BCUT2D eigenvalue weighted by Gasteiger charge is -2.11. The molecule has 38 heavy (non-hydrogen) atoms. The number of anilines is 1. The van der Waals surface area contributed by atoms with E-state index in [-0.39, 0.29) is 5.75 Å². The third-order valence-corrected chi connectivity index (χ3v) is 5.42. The van der Waals surface area contributed by atoms with Crippen LogP contribution in [0.3, 0.4) is 0 Å². The smallest absolute Gasteiger partial charge is 0.343 e. The van der Waals surface area contributed by atoms with Gasteiger partial charge in [0.05, 0.1) is 25.5 Å². The molecule has 4 aromatic rings. The molecule has 0 fully saturated rings. The van der Waals surface area contributed by atoms with Gasteiger partial charge in [-0.25, -0.2) is 10.2 Å². The highest BCUT2D eigenvalue weighted by Gasteiger charge is 2.15. The van der Waals surface area contributed by atoms with Crippen LogP contribution in [-0.2, 0) is 9.59 Å². The Balaban J connectivity index is 1.39. The van der Waals surface area contributed by atoms with Crippen molar-refractivity contribution in [3.05, 3.63) is 96.1 Å². The molecule has 0 radical (unpaired) electrons. The molecule has 0 unspecified atom stereocenters. The number of fused-ring (bicyclic) bond motifs is 1. The highest BCUT2D eigenvalue weighted by Crippen LogP contribution is 2.29. The van der Waals surface area contributed by atoms with E-state index in [2.05, 4.69) is 15.8 Å². The van der Waals surface area contributed by atoms with Crippen LogP contribution in [0.4, 0.5) is 5.69 Å².